The first-order chi connectivity index (χ1) is 11.5. The van der Waals surface area contributed by atoms with Gasteiger partial charge in [-0.15, -0.1) is 11.3 Å². The lowest BCUT2D eigenvalue weighted by atomic mass is 10.0. The van der Waals surface area contributed by atoms with E-state index >= 15 is 0 Å². The average molecular weight is 364 g/mol. The molecule has 0 atom stereocenters. The summed E-state index contributed by atoms with van der Waals surface area (Å²) in [5.74, 6) is 1.09. The van der Waals surface area contributed by atoms with Crippen molar-refractivity contribution in [3.63, 3.8) is 0 Å². The first-order valence-corrected chi connectivity index (χ1v) is 10.5. The molecule has 0 unspecified atom stereocenters. The van der Waals surface area contributed by atoms with Gasteiger partial charge in [0.15, 0.2) is 0 Å². The summed E-state index contributed by atoms with van der Waals surface area (Å²) >= 11 is 1.70. The van der Waals surface area contributed by atoms with Gasteiger partial charge in [-0.05, 0) is 26.0 Å². The molecule has 2 aromatic rings. The summed E-state index contributed by atoms with van der Waals surface area (Å²) in [5.41, 5.74) is 2.05. The fourth-order valence-corrected chi connectivity index (χ4v) is 5.58. The van der Waals surface area contributed by atoms with E-state index in [0.29, 0.717) is 19.7 Å². The molecule has 7 heteroatoms. The molecule has 1 aromatic heterocycles. The van der Waals surface area contributed by atoms with Crippen LogP contribution >= 0.6 is 11.3 Å². The number of benzene rings is 1. The number of nitrogens with zero attached hydrogens (tertiary/aromatic N) is 2. The predicted octanol–water partition coefficient (Wildman–Crippen LogP) is 2.88. The van der Waals surface area contributed by atoms with E-state index in [9.17, 15) is 8.42 Å². The van der Waals surface area contributed by atoms with Crippen LogP contribution in [0.1, 0.15) is 29.7 Å². The maximum atomic E-state index is 12.2. The molecule has 128 valence electrons. The molecule has 1 saturated heterocycles. The monoisotopic (exact) mass is 364 g/mol. The molecule has 0 radical (unpaired) electrons. The highest BCUT2D eigenvalue weighted by Gasteiger charge is 2.40. The van der Waals surface area contributed by atoms with Crippen LogP contribution in [0.4, 0.5) is 0 Å². The zero-order chi connectivity index (χ0) is 16.9. The molecule has 3 heterocycles. The van der Waals surface area contributed by atoms with Crippen LogP contribution in [-0.4, -0.2) is 42.7 Å². The third kappa shape index (κ3) is 2.55. The average Bonchev–Trinajstić information content (AvgIpc) is 2.81. The Balaban J connectivity index is 1.60. The highest BCUT2D eigenvalue weighted by Crippen LogP contribution is 2.41. The van der Waals surface area contributed by atoms with Crippen molar-refractivity contribution in [2.75, 3.05) is 19.7 Å². The summed E-state index contributed by atoms with van der Waals surface area (Å²) in [5, 5.41) is 0.683. The minimum Gasteiger partial charge on any atom is -0.493 e. The van der Waals surface area contributed by atoms with E-state index < -0.39 is 10.0 Å². The van der Waals surface area contributed by atoms with Gasteiger partial charge in [0.05, 0.1) is 22.6 Å². The number of thiazole rings is 1. The second-order valence-electron chi connectivity index (χ2n) is 6.53. The predicted molar refractivity (Wildman–Crippen MR) is 95.1 cm³/mol. The van der Waals surface area contributed by atoms with Crippen molar-refractivity contribution in [1.29, 1.82) is 0 Å². The molecule has 4 rings (SSSR count). The normalized spacial score (nSPS) is 18.5. The van der Waals surface area contributed by atoms with Crippen molar-refractivity contribution in [2.24, 2.45) is 0 Å². The van der Waals surface area contributed by atoms with E-state index in [4.69, 9.17) is 9.72 Å². The molecule has 5 nitrogen and oxygen atoms in total. The van der Waals surface area contributed by atoms with E-state index in [1.54, 1.807) is 29.5 Å². The maximum Gasteiger partial charge on any atom is 0.216 e. The van der Waals surface area contributed by atoms with Gasteiger partial charge in [0, 0.05) is 35.9 Å². The van der Waals surface area contributed by atoms with E-state index in [2.05, 4.69) is 0 Å². The SMILES string of the molecule is CC(C)S(=O)(=O)N1CC(c2nc3c(s2)CCOc2ccccc2-3)C1. The van der Waals surface area contributed by atoms with Crippen LogP contribution in [0.25, 0.3) is 11.3 Å². The fraction of sp³-hybridized carbons (Fsp3) is 0.471. The quantitative estimate of drug-likeness (QED) is 0.840. The second-order valence-corrected chi connectivity index (χ2v) is 10.1. The molecule has 0 N–H and O–H groups in total. The summed E-state index contributed by atoms with van der Waals surface area (Å²) in [6, 6.07) is 7.98. The van der Waals surface area contributed by atoms with Crippen LogP contribution in [0.5, 0.6) is 5.75 Å². The Labute approximate surface area is 146 Å². The molecule has 0 bridgehead atoms. The van der Waals surface area contributed by atoms with Gasteiger partial charge >= 0.3 is 0 Å². The van der Waals surface area contributed by atoms with Crippen molar-refractivity contribution >= 4 is 21.4 Å². The number of hydrogen-bond acceptors (Lipinski definition) is 5. The summed E-state index contributed by atoms with van der Waals surface area (Å²) in [6.07, 6.45) is 0.850. The molecule has 24 heavy (non-hydrogen) atoms. The van der Waals surface area contributed by atoms with Crippen molar-refractivity contribution in [1.82, 2.24) is 9.29 Å². The van der Waals surface area contributed by atoms with Crippen LogP contribution < -0.4 is 4.74 Å². The molecule has 2 aliphatic heterocycles. The minimum atomic E-state index is -3.15. The van der Waals surface area contributed by atoms with Gasteiger partial charge in [0.25, 0.3) is 0 Å². The lowest BCUT2D eigenvalue weighted by molar-refractivity contribution is 0.261. The van der Waals surface area contributed by atoms with Gasteiger partial charge in [-0.1, -0.05) is 12.1 Å². The van der Waals surface area contributed by atoms with Gasteiger partial charge in [-0.3, -0.25) is 0 Å². The van der Waals surface area contributed by atoms with E-state index in [0.717, 1.165) is 28.4 Å². The van der Waals surface area contributed by atoms with Gasteiger partial charge in [-0.25, -0.2) is 17.7 Å². The Hall–Kier alpha value is -1.44. The number of ether oxygens (including phenoxy) is 1. The number of sulfonamides is 1. The Morgan fingerprint density at radius 2 is 2.04 bits per heavy atom. The molecule has 0 amide bonds. The van der Waals surface area contributed by atoms with Crippen molar-refractivity contribution in [3.05, 3.63) is 34.2 Å². The molecular weight excluding hydrogens is 344 g/mol. The maximum absolute atomic E-state index is 12.2. The van der Waals surface area contributed by atoms with Crippen LogP contribution in [0.15, 0.2) is 24.3 Å². The first-order valence-electron chi connectivity index (χ1n) is 8.17. The third-order valence-electron chi connectivity index (χ3n) is 4.60. The zero-order valence-corrected chi connectivity index (χ0v) is 15.4. The lowest BCUT2D eigenvalue weighted by Gasteiger charge is -2.38. The summed E-state index contributed by atoms with van der Waals surface area (Å²) in [6.45, 7) is 5.21. The van der Waals surface area contributed by atoms with Gasteiger partial charge in [0.1, 0.15) is 5.75 Å². The Morgan fingerprint density at radius 3 is 2.79 bits per heavy atom. The zero-order valence-electron chi connectivity index (χ0n) is 13.7. The molecule has 0 spiro atoms. The number of para-hydroxylation sites is 1. The van der Waals surface area contributed by atoms with E-state index in [-0.39, 0.29) is 11.2 Å². The molecule has 1 fully saturated rings. The number of hydrogen-bond donors (Lipinski definition) is 0. The summed E-state index contributed by atoms with van der Waals surface area (Å²) < 4.78 is 31.7. The first kappa shape index (κ1) is 16.1. The highest BCUT2D eigenvalue weighted by molar-refractivity contribution is 7.89. The third-order valence-corrected chi connectivity index (χ3v) is 8.08. The fourth-order valence-electron chi connectivity index (χ4n) is 3.07. The Bertz CT molecular complexity index is 868. The Morgan fingerprint density at radius 1 is 1.29 bits per heavy atom. The highest BCUT2D eigenvalue weighted by atomic mass is 32.2. The van der Waals surface area contributed by atoms with Gasteiger partial charge < -0.3 is 4.74 Å². The molecule has 0 aliphatic carbocycles. The molecular formula is C17H20N2O3S2. The largest absolute Gasteiger partial charge is 0.493 e. The molecule has 1 aromatic carbocycles. The number of aromatic nitrogens is 1. The summed E-state index contributed by atoms with van der Waals surface area (Å²) in [4.78, 5) is 6.09. The lowest BCUT2D eigenvalue weighted by Crippen LogP contribution is -2.50. The number of fused-ring (bicyclic) bond motifs is 3. The number of rotatable bonds is 3. The van der Waals surface area contributed by atoms with Crippen molar-refractivity contribution in [3.8, 4) is 17.0 Å². The van der Waals surface area contributed by atoms with Gasteiger partial charge in [0.2, 0.25) is 10.0 Å². The van der Waals surface area contributed by atoms with E-state index in [1.807, 2.05) is 24.3 Å². The van der Waals surface area contributed by atoms with Crippen LogP contribution in [0.2, 0.25) is 0 Å². The topological polar surface area (TPSA) is 59.5 Å². The standard InChI is InChI=1S/C17H20N2O3S2/c1-11(2)24(20,21)19-9-12(10-19)17-18-16-13-5-3-4-6-14(13)22-8-7-15(16)23-17/h3-6,11-12H,7-10H2,1-2H3. The van der Waals surface area contributed by atoms with Crippen LogP contribution in [0.3, 0.4) is 0 Å². The van der Waals surface area contributed by atoms with Gasteiger partial charge in [-0.2, -0.15) is 0 Å². The van der Waals surface area contributed by atoms with Crippen molar-refractivity contribution in [2.45, 2.75) is 31.4 Å². The summed E-state index contributed by atoms with van der Waals surface area (Å²) in [7, 11) is -3.15. The second kappa shape index (κ2) is 5.82. The van der Waals surface area contributed by atoms with Crippen molar-refractivity contribution < 1.29 is 13.2 Å². The van der Waals surface area contributed by atoms with Crippen LogP contribution in [-0.2, 0) is 16.4 Å². The smallest absolute Gasteiger partial charge is 0.216 e. The molecule has 2 aliphatic rings. The minimum absolute atomic E-state index is 0.212. The molecule has 0 saturated carbocycles. The van der Waals surface area contributed by atoms with E-state index in [1.165, 1.54) is 4.88 Å². The van der Waals surface area contributed by atoms with Crippen LogP contribution in [0, 0.1) is 0 Å². The Kier molecular flexibility index (Phi) is 3.89.